The minimum atomic E-state index is -0.378. The number of aromatic nitrogens is 2. The van der Waals surface area contributed by atoms with Crippen LogP contribution >= 0.6 is 0 Å². The maximum Gasteiger partial charge on any atom is 0.0862 e. The van der Waals surface area contributed by atoms with E-state index in [1.807, 2.05) is 18.3 Å². The van der Waals surface area contributed by atoms with Crippen LogP contribution in [-0.2, 0) is 13.0 Å². The van der Waals surface area contributed by atoms with Crippen LogP contribution in [0, 0.1) is 0 Å². The van der Waals surface area contributed by atoms with Crippen LogP contribution < -0.4 is 0 Å². The van der Waals surface area contributed by atoms with Gasteiger partial charge in [-0.15, -0.1) is 0 Å². The molecule has 0 fully saturated rings. The molecule has 0 spiro atoms. The number of rotatable bonds is 8. The van der Waals surface area contributed by atoms with Gasteiger partial charge in [-0.3, -0.25) is 4.68 Å². The van der Waals surface area contributed by atoms with Crippen molar-refractivity contribution in [1.29, 1.82) is 0 Å². The molecule has 4 heteroatoms. The number of nitrogens with zero attached hydrogens (tertiary/aromatic N) is 3. The highest BCUT2D eigenvalue weighted by atomic mass is 16.3. The number of aryl methyl sites for hydroxylation is 1. The summed E-state index contributed by atoms with van der Waals surface area (Å²) in [5.74, 6) is 0. The van der Waals surface area contributed by atoms with Gasteiger partial charge in [-0.2, -0.15) is 5.10 Å². The highest BCUT2D eigenvalue weighted by Crippen LogP contribution is 2.03. The molecular weight excluding hydrogens is 250 g/mol. The standard InChI is InChI=1S/C16H23N3O/c1-18(11-5-9-15-7-3-2-4-8-15)13-16(20)14-19-12-6-10-17-19/h2-4,6-8,10,12,16,20H,5,9,11,13-14H2,1H3/t16-/m0/s1. The summed E-state index contributed by atoms with van der Waals surface area (Å²) in [4.78, 5) is 2.18. The van der Waals surface area contributed by atoms with E-state index in [0.29, 0.717) is 13.1 Å². The second kappa shape index (κ2) is 7.82. The van der Waals surface area contributed by atoms with E-state index in [4.69, 9.17) is 0 Å². The molecule has 108 valence electrons. The molecule has 1 heterocycles. The maximum atomic E-state index is 10.0. The van der Waals surface area contributed by atoms with Gasteiger partial charge in [0.25, 0.3) is 0 Å². The molecule has 0 aliphatic rings. The van der Waals surface area contributed by atoms with Gasteiger partial charge in [0.05, 0.1) is 12.6 Å². The fourth-order valence-corrected chi connectivity index (χ4v) is 2.33. The van der Waals surface area contributed by atoms with E-state index in [1.165, 1.54) is 5.56 Å². The van der Waals surface area contributed by atoms with E-state index in [1.54, 1.807) is 10.9 Å². The average Bonchev–Trinajstić information content (AvgIpc) is 2.92. The van der Waals surface area contributed by atoms with Crippen LogP contribution in [0.4, 0.5) is 0 Å². The fourth-order valence-electron chi connectivity index (χ4n) is 2.33. The molecule has 0 saturated heterocycles. The molecule has 1 N–H and O–H groups in total. The molecule has 4 nitrogen and oxygen atoms in total. The third kappa shape index (κ3) is 5.15. The second-order valence-corrected chi connectivity index (χ2v) is 5.23. The fraction of sp³-hybridized carbons (Fsp3) is 0.438. The smallest absolute Gasteiger partial charge is 0.0862 e. The van der Waals surface area contributed by atoms with Gasteiger partial charge < -0.3 is 10.0 Å². The summed E-state index contributed by atoms with van der Waals surface area (Å²) in [6.07, 6.45) is 5.42. The molecule has 1 atom stereocenters. The Bertz CT molecular complexity index is 470. The van der Waals surface area contributed by atoms with E-state index < -0.39 is 0 Å². The molecule has 1 aromatic heterocycles. The van der Waals surface area contributed by atoms with Crippen LogP contribution in [0.15, 0.2) is 48.8 Å². The number of benzene rings is 1. The molecule has 2 aromatic rings. The molecule has 0 aliphatic heterocycles. The Balaban J connectivity index is 1.63. The molecule has 0 radical (unpaired) electrons. The summed E-state index contributed by atoms with van der Waals surface area (Å²) < 4.78 is 1.77. The molecule has 2 rings (SSSR count). The first-order chi connectivity index (χ1) is 9.74. The van der Waals surface area contributed by atoms with Crippen molar-refractivity contribution in [2.45, 2.75) is 25.5 Å². The molecule has 20 heavy (non-hydrogen) atoms. The number of hydrogen-bond donors (Lipinski definition) is 1. The highest BCUT2D eigenvalue weighted by molar-refractivity contribution is 5.14. The molecule has 1 aromatic carbocycles. The van der Waals surface area contributed by atoms with Gasteiger partial charge in [0, 0.05) is 18.9 Å². The van der Waals surface area contributed by atoms with E-state index >= 15 is 0 Å². The zero-order chi connectivity index (χ0) is 14.2. The van der Waals surface area contributed by atoms with Gasteiger partial charge in [-0.25, -0.2) is 0 Å². The highest BCUT2D eigenvalue weighted by Gasteiger charge is 2.09. The molecule has 0 saturated carbocycles. The Morgan fingerprint density at radius 1 is 1.25 bits per heavy atom. The lowest BCUT2D eigenvalue weighted by molar-refractivity contribution is 0.106. The topological polar surface area (TPSA) is 41.3 Å². The summed E-state index contributed by atoms with van der Waals surface area (Å²) in [5.41, 5.74) is 1.37. The van der Waals surface area contributed by atoms with Crippen LogP contribution in [-0.4, -0.2) is 46.0 Å². The predicted octanol–water partition coefficient (Wildman–Crippen LogP) is 1.81. The van der Waals surface area contributed by atoms with Crippen LogP contribution in [0.5, 0.6) is 0 Å². The van der Waals surface area contributed by atoms with Crippen LogP contribution in [0.25, 0.3) is 0 Å². The lowest BCUT2D eigenvalue weighted by Crippen LogP contribution is -2.33. The van der Waals surface area contributed by atoms with Gasteiger partial charge in [0.2, 0.25) is 0 Å². The van der Waals surface area contributed by atoms with Crippen LogP contribution in [0.3, 0.4) is 0 Å². The largest absolute Gasteiger partial charge is 0.390 e. The van der Waals surface area contributed by atoms with Gasteiger partial charge >= 0.3 is 0 Å². The summed E-state index contributed by atoms with van der Waals surface area (Å²) in [7, 11) is 2.05. The zero-order valence-corrected chi connectivity index (χ0v) is 12.0. The Morgan fingerprint density at radius 3 is 2.75 bits per heavy atom. The number of hydrogen-bond acceptors (Lipinski definition) is 3. The van der Waals surface area contributed by atoms with Crippen LogP contribution in [0.2, 0.25) is 0 Å². The Kier molecular flexibility index (Phi) is 5.77. The monoisotopic (exact) mass is 273 g/mol. The molecule has 0 amide bonds. The second-order valence-electron chi connectivity index (χ2n) is 5.23. The minimum absolute atomic E-state index is 0.378. The summed E-state index contributed by atoms with van der Waals surface area (Å²) in [6, 6.07) is 12.4. The first-order valence-corrected chi connectivity index (χ1v) is 7.12. The average molecular weight is 273 g/mol. The van der Waals surface area contributed by atoms with Crippen molar-refractivity contribution in [3.63, 3.8) is 0 Å². The number of likely N-dealkylation sites (N-methyl/N-ethyl adjacent to an activating group) is 1. The first kappa shape index (κ1) is 14.8. The van der Waals surface area contributed by atoms with Crippen molar-refractivity contribution in [3.05, 3.63) is 54.4 Å². The van der Waals surface area contributed by atoms with Gasteiger partial charge in [-0.1, -0.05) is 30.3 Å². The third-order valence-corrected chi connectivity index (χ3v) is 3.33. The third-order valence-electron chi connectivity index (χ3n) is 3.33. The number of aliphatic hydroxyl groups excluding tert-OH is 1. The van der Waals surface area contributed by atoms with E-state index in [-0.39, 0.29) is 6.10 Å². The Hall–Kier alpha value is -1.65. The van der Waals surface area contributed by atoms with Crippen LogP contribution in [0.1, 0.15) is 12.0 Å². The minimum Gasteiger partial charge on any atom is -0.390 e. The quantitative estimate of drug-likeness (QED) is 0.797. The molecule has 0 bridgehead atoms. The van der Waals surface area contributed by atoms with Gasteiger partial charge in [-0.05, 0) is 38.1 Å². The van der Waals surface area contributed by atoms with E-state index in [2.05, 4.69) is 41.3 Å². The lowest BCUT2D eigenvalue weighted by atomic mass is 10.1. The van der Waals surface area contributed by atoms with E-state index in [9.17, 15) is 5.11 Å². The normalized spacial score (nSPS) is 12.8. The van der Waals surface area contributed by atoms with Crippen molar-refractivity contribution >= 4 is 0 Å². The first-order valence-electron chi connectivity index (χ1n) is 7.12. The SMILES string of the molecule is CN(CCCc1ccccc1)C[C@H](O)Cn1cccn1. The van der Waals surface area contributed by atoms with Gasteiger partial charge in [0.1, 0.15) is 0 Å². The van der Waals surface area contributed by atoms with Crippen molar-refractivity contribution in [3.8, 4) is 0 Å². The van der Waals surface area contributed by atoms with Crippen molar-refractivity contribution in [2.24, 2.45) is 0 Å². The van der Waals surface area contributed by atoms with Crippen molar-refractivity contribution < 1.29 is 5.11 Å². The number of aliphatic hydroxyl groups is 1. The maximum absolute atomic E-state index is 10.0. The van der Waals surface area contributed by atoms with E-state index in [0.717, 1.165) is 19.4 Å². The Labute approximate surface area is 120 Å². The summed E-state index contributed by atoms with van der Waals surface area (Å²) >= 11 is 0. The molecule has 0 unspecified atom stereocenters. The zero-order valence-electron chi connectivity index (χ0n) is 12.0. The summed E-state index contributed by atoms with van der Waals surface area (Å²) in [6.45, 7) is 2.22. The lowest BCUT2D eigenvalue weighted by Gasteiger charge is -2.20. The Morgan fingerprint density at radius 2 is 2.05 bits per heavy atom. The molecular formula is C16H23N3O. The summed E-state index contributed by atoms with van der Waals surface area (Å²) in [5, 5.41) is 14.1. The molecule has 0 aliphatic carbocycles. The van der Waals surface area contributed by atoms with Crippen molar-refractivity contribution in [2.75, 3.05) is 20.1 Å². The van der Waals surface area contributed by atoms with Crippen molar-refractivity contribution in [1.82, 2.24) is 14.7 Å². The predicted molar refractivity (Wildman–Crippen MR) is 80.5 cm³/mol. The van der Waals surface area contributed by atoms with Gasteiger partial charge in [0.15, 0.2) is 0 Å².